The van der Waals surface area contributed by atoms with E-state index < -0.39 is 9.84 Å². The summed E-state index contributed by atoms with van der Waals surface area (Å²) >= 11 is 1.53. The lowest BCUT2D eigenvalue weighted by Crippen LogP contribution is -2.48. The van der Waals surface area contributed by atoms with Gasteiger partial charge < -0.3 is 9.42 Å². The number of carbonyl (C=O) groups excluding carboxylic acids is 1. The highest BCUT2D eigenvalue weighted by Gasteiger charge is 2.36. The van der Waals surface area contributed by atoms with E-state index >= 15 is 0 Å². The number of nitrogens with zero attached hydrogens (tertiary/aromatic N) is 3. The summed E-state index contributed by atoms with van der Waals surface area (Å²) in [7, 11) is -3.45. The molecule has 7 nitrogen and oxygen atoms in total. The van der Waals surface area contributed by atoms with Gasteiger partial charge in [0.25, 0.3) is 0 Å². The molecule has 4 rings (SSSR count). The number of carbonyl (C=O) groups is 1. The Balaban J connectivity index is 1.30. The molecule has 0 saturated carbocycles. The molecule has 0 unspecified atom stereocenters. The molecule has 2 aromatic heterocycles. The lowest BCUT2D eigenvalue weighted by atomic mass is 10.00. The molecule has 27 heavy (non-hydrogen) atoms. The maximum atomic E-state index is 12.3. The van der Waals surface area contributed by atoms with Crippen molar-refractivity contribution >= 4 is 27.1 Å². The standard InChI is InChI=1S/C18H17N3O4S2/c22-16(8-10-27(23,24)14-5-2-1-3-6-14)21-11-13(12-21)18-19-17(20-25-18)15-7-4-9-26-15/h1-7,9,13H,8,10-12H2. The van der Waals surface area contributed by atoms with Gasteiger partial charge in [-0.2, -0.15) is 4.98 Å². The molecule has 1 aliphatic heterocycles. The third-order valence-electron chi connectivity index (χ3n) is 4.45. The van der Waals surface area contributed by atoms with Gasteiger partial charge in [-0.3, -0.25) is 4.79 Å². The number of hydrogen-bond acceptors (Lipinski definition) is 7. The van der Waals surface area contributed by atoms with Crippen molar-refractivity contribution in [3.8, 4) is 10.7 Å². The van der Waals surface area contributed by atoms with Crippen LogP contribution in [0, 0.1) is 0 Å². The van der Waals surface area contributed by atoms with Crippen LogP contribution in [-0.2, 0) is 14.6 Å². The Morgan fingerprint density at radius 1 is 1.19 bits per heavy atom. The van der Waals surface area contributed by atoms with Gasteiger partial charge in [0.05, 0.1) is 21.4 Å². The van der Waals surface area contributed by atoms with E-state index in [4.69, 9.17) is 4.52 Å². The molecule has 0 aliphatic carbocycles. The molecule has 0 atom stereocenters. The van der Waals surface area contributed by atoms with E-state index in [1.807, 2.05) is 17.5 Å². The largest absolute Gasteiger partial charge is 0.341 e. The van der Waals surface area contributed by atoms with E-state index in [-0.39, 0.29) is 28.9 Å². The highest BCUT2D eigenvalue weighted by molar-refractivity contribution is 7.91. The zero-order valence-corrected chi connectivity index (χ0v) is 15.9. The number of benzene rings is 1. The maximum Gasteiger partial charge on any atom is 0.233 e. The van der Waals surface area contributed by atoms with Crippen LogP contribution in [0.1, 0.15) is 18.2 Å². The van der Waals surface area contributed by atoms with E-state index in [0.717, 1.165) is 4.88 Å². The Morgan fingerprint density at radius 3 is 2.67 bits per heavy atom. The SMILES string of the molecule is O=C(CCS(=O)(=O)c1ccccc1)N1CC(c2nc(-c3cccs3)no2)C1. The minimum absolute atomic E-state index is 0.000827. The minimum Gasteiger partial charge on any atom is -0.341 e. The van der Waals surface area contributed by atoms with Gasteiger partial charge >= 0.3 is 0 Å². The first-order valence-electron chi connectivity index (χ1n) is 8.46. The fraction of sp³-hybridized carbons (Fsp3) is 0.278. The van der Waals surface area contributed by atoms with Crippen molar-refractivity contribution in [1.82, 2.24) is 15.0 Å². The number of sulfone groups is 1. The Kier molecular flexibility index (Phi) is 4.79. The molecule has 0 bridgehead atoms. The Hall–Kier alpha value is -2.52. The third-order valence-corrected chi connectivity index (χ3v) is 7.05. The van der Waals surface area contributed by atoms with Gasteiger partial charge in [0.15, 0.2) is 9.84 Å². The lowest BCUT2D eigenvalue weighted by molar-refractivity contribution is -0.135. The second-order valence-corrected chi connectivity index (χ2v) is 9.37. The second kappa shape index (κ2) is 7.24. The molecule has 1 amide bonds. The summed E-state index contributed by atoms with van der Waals surface area (Å²) in [6, 6.07) is 12.0. The smallest absolute Gasteiger partial charge is 0.233 e. The van der Waals surface area contributed by atoms with Crippen LogP contribution in [0.2, 0.25) is 0 Å². The Morgan fingerprint density at radius 2 is 1.96 bits per heavy atom. The van der Waals surface area contributed by atoms with Gasteiger partial charge in [-0.1, -0.05) is 29.4 Å². The monoisotopic (exact) mass is 403 g/mol. The summed E-state index contributed by atoms with van der Waals surface area (Å²) in [6.45, 7) is 0.937. The average molecular weight is 403 g/mol. The summed E-state index contributed by atoms with van der Waals surface area (Å²) in [5.74, 6) is 0.697. The van der Waals surface area contributed by atoms with Crippen molar-refractivity contribution in [2.45, 2.75) is 17.2 Å². The van der Waals surface area contributed by atoms with E-state index in [1.165, 1.54) is 11.3 Å². The summed E-state index contributed by atoms with van der Waals surface area (Å²) in [5.41, 5.74) is 0. The van der Waals surface area contributed by atoms with Gasteiger partial charge in [0, 0.05) is 19.5 Å². The molecular formula is C18H17N3O4S2. The van der Waals surface area contributed by atoms with Gasteiger partial charge in [-0.05, 0) is 23.6 Å². The van der Waals surface area contributed by atoms with Crippen molar-refractivity contribution in [1.29, 1.82) is 0 Å². The molecule has 1 aliphatic rings. The Labute approximate surface area is 160 Å². The van der Waals surface area contributed by atoms with Crippen LogP contribution in [-0.4, -0.2) is 48.2 Å². The summed E-state index contributed by atoms with van der Waals surface area (Å²) in [4.78, 5) is 19.5. The molecule has 3 heterocycles. The molecular weight excluding hydrogens is 386 g/mol. The van der Waals surface area contributed by atoms with Crippen LogP contribution < -0.4 is 0 Å². The van der Waals surface area contributed by atoms with Crippen molar-refractivity contribution in [2.75, 3.05) is 18.8 Å². The first-order chi connectivity index (χ1) is 13.0. The predicted octanol–water partition coefficient (Wildman–Crippen LogP) is 2.59. The van der Waals surface area contributed by atoms with E-state index in [0.29, 0.717) is 24.8 Å². The normalized spacial score (nSPS) is 14.9. The molecule has 0 N–H and O–H groups in total. The molecule has 1 fully saturated rings. The number of likely N-dealkylation sites (tertiary alicyclic amines) is 1. The number of thiophene rings is 1. The van der Waals surface area contributed by atoms with E-state index in [2.05, 4.69) is 10.1 Å². The van der Waals surface area contributed by atoms with Crippen molar-refractivity contribution < 1.29 is 17.7 Å². The summed E-state index contributed by atoms with van der Waals surface area (Å²) in [5, 5.41) is 5.92. The van der Waals surface area contributed by atoms with E-state index in [9.17, 15) is 13.2 Å². The number of amides is 1. The summed E-state index contributed by atoms with van der Waals surface area (Å²) < 4.78 is 29.8. The highest BCUT2D eigenvalue weighted by atomic mass is 32.2. The fourth-order valence-corrected chi connectivity index (χ4v) is 4.77. The second-order valence-electron chi connectivity index (χ2n) is 6.31. The third kappa shape index (κ3) is 3.79. The van der Waals surface area contributed by atoms with E-state index in [1.54, 1.807) is 35.2 Å². The molecule has 1 aromatic carbocycles. The highest BCUT2D eigenvalue weighted by Crippen LogP contribution is 2.29. The topological polar surface area (TPSA) is 93.4 Å². The van der Waals surface area contributed by atoms with Crippen molar-refractivity contribution in [2.24, 2.45) is 0 Å². The zero-order valence-electron chi connectivity index (χ0n) is 14.3. The lowest BCUT2D eigenvalue weighted by Gasteiger charge is -2.37. The van der Waals surface area contributed by atoms with Crippen LogP contribution in [0.4, 0.5) is 0 Å². The predicted molar refractivity (Wildman–Crippen MR) is 100 cm³/mol. The van der Waals surface area contributed by atoms with Crippen LogP contribution in [0.25, 0.3) is 10.7 Å². The van der Waals surface area contributed by atoms with Crippen LogP contribution in [0.15, 0.2) is 57.3 Å². The minimum atomic E-state index is -3.45. The molecule has 9 heteroatoms. The van der Waals surface area contributed by atoms with Crippen LogP contribution >= 0.6 is 11.3 Å². The van der Waals surface area contributed by atoms with Crippen molar-refractivity contribution in [3.05, 3.63) is 53.7 Å². The Bertz CT molecular complexity index is 1020. The first kappa shape index (κ1) is 17.9. The number of aromatic nitrogens is 2. The molecule has 3 aromatic rings. The molecule has 0 radical (unpaired) electrons. The number of rotatable bonds is 6. The van der Waals surface area contributed by atoms with Crippen molar-refractivity contribution in [3.63, 3.8) is 0 Å². The van der Waals surface area contributed by atoms with Gasteiger partial charge in [-0.25, -0.2) is 8.42 Å². The number of hydrogen-bond donors (Lipinski definition) is 0. The first-order valence-corrected chi connectivity index (χ1v) is 11.0. The van der Waals surface area contributed by atoms with Gasteiger partial charge in [-0.15, -0.1) is 11.3 Å². The molecule has 140 valence electrons. The summed E-state index contributed by atoms with van der Waals surface area (Å²) in [6.07, 6.45) is -0.0335. The molecule has 0 spiro atoms. The van der Waals surface area contributed by atoms with Crippen LogP contribution in [0.5, 0.6) is 0 Å². The molecule has 1 saturated heterocycles. The zero-order chi connectivity index (χ0) is 18.9. The average Bonchev–Trinajstić information content (AvgIpc) is 3.31. The maximum absolute atomic E-state index is 12.3. The quantitative estimate of drug-likeness (QED) is 0.628. The fourth-order valence-electron chi connectivity index (χ4n) is 2.87. The van der Waals surface area contributed by atoms with Gasteiger partial charge in [0.1, 0.15) is 0 Å². The van der Waals surface area contributed by atoms with Crippen LogP contribution in [0.3, 0.4) is 0 Å². The van der Waals surface area contributed by atoms with Gasteiger partial charge in [0.2, 0.25) is 17.6 Å².